The van der Waals surface area contributed by atoms with Crippen molar-refractivity contribution in [2.75, 3.05) is 13.2 Å². The molecule has 0 aliphatic carbocycles. The molecule has 0 spiro atoms. The van der Waals surface area contributed by atoms with Gasteiger partial charge < -0.3 is 9.64 Å². The van der Waals surface area contributed by atoms with Crippen molar-refractivity contribution >= 4 is 17.7 Å². The fraction of sp³-hybridized carbons (Fsp3) is 0.286. The molecule has 6 nitrogen and oxygen atoms in total. The third-order valence-corrected chi connectivity index (χ3v) is 4.61. The average Bonchev–Trinajstić information content (AvgIpc) is 3.17. The summed E-state index contributed by atoms with van der Waals surface area (Å²) in [6.07, 6.45) is 4.99. The number of amides is 1. The molecule has 0 radical (unpaired) electrons. The van der Waals surface area contributed by atoms with E-state index in [0.717, 1.165) is 24.2 Å². The Labute approximate surface area is 158 Å². The molecule has 1 aliphatic heterocycles. The number of non-ortho nitro benzene ring substituents is 1. The Morgan fingerprint density at radius 1 is 1.30 bits per heavy atom. The minimum Gasteiger partial charge on any atom is -0.494 e. The van der Waals surface area contributed by atoms with Crippen molar-refractivity contribution in [3.05, 3.63) is 75.8 Å². The number of rotatable bonds is 6. The quantitative estimate of drug-likeness (QED) is 0.432. The van der Waals surface area contributed by atoms with Gasteiger partial charge in [0.05, 0.1) is 17.6 Å². The molecule has 0 aromatic heterocycles. The maximum Gasteiger partial charge on any atom is 0.270 e. The van der Waals surface area contributed by atoms with Crippen LogP contribution in [-0.2, 0) is 4.79 Å². The lowest BCUT2D eigenvalue weighted by Gasteiger charge is -2.24. The predicted octanol–water partition coefficient (Wildman–Crippen LogP) is 4.37. The highest BCUT2D eigenvalue weighted by atomic mass is 16.6. The fourth-order valence-electron chi connectivity index (χ4n) is 3.34. The lowest BCUT2D eigenvalue weighted by molar-refractivity contribution is -0.384. The van der Waals surface area contributed by atoms with E-state index in [1.165, 1.54) is 18.2 Å². The molecular formula is C21H22N2O4. The van der Waals surface area contributed by atoms with Gasteiger partial charge in [0, 0.05) is 24.8 Å². The Balaban J connectivity index is 1.71. The third kappa shape index (κ3) is 4.53. The van der Waals surface area contributed by atoms with Crippen LogP contribution in [0, 0.1) is 10.1 Å². The number of carbonyl (C=O) groups is 1. The predicted molar refractivity (Wildman–Crippen MR) is 103 cm³/mol. The summed E-state index contributed by atoms with van der Waals surface area (Å²) in [7, 11) is 0. The molecule has 27 heavy (non-hydrogen) atoms. The molecule has 1 heterocycles. The van der Waals surface area contributed by atoms with E-state index in [1.54, 1.807) is 18.2 Å². The van der Waals surface area contributed by atoms with Crippen molar-refractivity contribution in [3.63, 3.8) is 0 Å². The molecule has 1 saturated heterocycles. The highest BCUT2D eigenvalue weighted by Gasteiger charge is 2.28. The van der Waals surface area contributed by atoms with Crippen LogP contribution in [0.1, 0.15) is 36.9 Å². The highest BCUT2D eigenvalue weighted by molar-refractivity contribution is 5.92. The Morgan fingerprint density at radius 3 is 2.78 bits per heavy atom. The maximum absolute atomic E-state index is 12.7. The van der Waals surface area contributed by atoms with E-state index in [4.69, 9.17) is 4.74 Å². The second-order valence-electron chi connectivity index (χ2n) is 6.38. The van der Waals surface area contributed by atoms with E-state index in [9.17, 15) is 14.9 Å². The fourth-order valence-corrected chi connectivity index (χ4v) is 3.34. The van der Waals surface area contributed by atoms with Crippen LogP contribution in [0.4, 0.5) is 5.69 Å². The van der Waals surface area contributed by atoms with Gasteiger partial charge in [0.2, 0.25) is 5.91 Å². The molecule has 0 saturated carbocycles. The second kappa shape index (κ2) is 8.49. The molecule has 2 aromatic rings. The van der Waals surface area contributed by atoms with Crippen LogP contribution >= 0.6 is 0 Å². The Kier molecular flexibility index (Phi) is 5.86. The number of hydrogen-bond donors (Lipinski definition) is 0. The van der Waals surface area contributed by atoms with E-state index >= 15 is 0 Å². The summed E-state index contributed by atoms with van der Waals surface area (Å²) in [5.41, 5.74) is 1.74. The minimum atomic E-state index is -0.443. The van der Waals surface area contributed by atoms with E-state index in [0.29, 0.717) is 18.7 Å². The van der Waals surface area contributed by atoms with Gasteiger partial charge in [0.25, 0.3) is 5.69 Å². The Bertz CT molecular complexity index is 846. The van der Waals surface area contributed by atoms with Crippen molar-refractivity contribution in [1.29, 1.82) is 0 Å². The highest BCUT2D eigenvalue weighted by Crippen LogP contribution is 2.33. The molecule has 0 N–H and O–H groups in total. The Hall–Kier alpha value is -3.15. The zero-order valence-corrected chi connectivity index (χ0v) is 15.2. The number of nitrogens with zero attached hydrogens (tertiary/aromatic N) is 2. The first-order valence-electron chi connectivity index (χ1n) is 9.04. The van der Waals surface area contributed by atoms with Crippen molar-refractivity contribution in [1.82, 2.24) is 4.90 Å². The van der Waals surface area contributed by atoms with Gasteiger partial charge in [-0.1, -0.05) is 24.3 Å². The number of likely N-dealkylation sites (tertiary alicyclic amines) is 1. The van der Waals surface area contributed by atoms with Crippen LogP contribution in [-0.4, -0.2) is 28.9 Å². The standard InChI is InChI=1S/C21H22N2O4/c1-2-27-19-11-9-17(10-12-19)20-7-4-14-22(20)21(24)13-8-16-5-3-6-18(15-16)23(25)26/h3,5-6,8-13,15,20H,2,4,7,14H2,1H3/b13-8+. The van der Waals surface area contributed by atoms with Gasteiger partial charge in [0.15, 0.2) is 0 Å². The summed E-state index contributed by atoms with van der Waals surface area (Å²) in [5.74, 6) is 0.737. The minimum absolute atomic E-state index is 0.0121. The topological polar surface area (TPSA) is 72.7 Å². The smallest absolute Gasteiger partial charge is 0.270 e. The zero-order chi connectivity index (χ0) is 19.2. The average molecular weight is 366 g/mol. The van der Waals surface area contributed by atoms with Crippen molar-refractivity contribution < 1.29 is 14.5 Å². The largest absolute Gasteiger partial charge is 0.494 e. The molecule has 2 aromatic carbocycles. The molecule has 1 fully saturated rings. The third-order valence-electron chi connectivity index (χ3n) is 4.61. The van der Waals surface area contributed by atoms with Crippen LogP contribution in [0.3, 0.4) is 0 Å². The maximum atomic E-state index is 12.7. The van der Waals surface area contributed by atoms with Crippen molar-refractivity contribution in [3.8, 4) is 5.75 Å². The normalized spacial score (nSPS) is 16.6. The first kappa shape index (κ1) is 18.6. The van der Waals surface area contributed by atoms with Crippen LogP contribution in [0.2, 0.25) is 0 Å². The van der Waals surface area contributed by atoms with Gasteiger partial charge in [-0.2, -0.15) is 0 Å². The Morgan fingerprint density at radius 2 is 2.07 bits per heavy atom. The van der Waals surface area contributed by atoms with Crippen LogP contribution in [0.15, 0.2) is 54.6 Å². The van der Waals surface area contributed by atoms with E-state index in [2.05, 4.69) is 0 Å². The molecule has 1 unspecified atom stereocenters. The van der Waals surface area contributed by atoms with Gasteiger partial charge in [0.1, 0.15) is 5.75 Å². The SMILES string of the molecule is CCOc1ccc(C2CCCN2C(=O)/C=C/c2cccc([N+](=O)[O-])c2)cc1. The molecule has 0 bridgehead atoms. The van der Waals surface area contributed by atoms with Gasteiger partial charge >= 0.3 is 0 Å². The molecule has 1 atom stereocenters. The molecular weight excluding hydrogens is 344 g/mol. The first-order chi connectivity index (χ1) is 13.1. The van der Waals surface area contributed by atoms with Crippen LogP contribution in [0.25, 0.3) is 6.08 Å². The second-order valence-corrected chi connectivity index (χ2v) is 6.38. The first-order valence-corrected chi connectivity index (χ1v) is 9.04. The summed E-state index contributed by atoms with van der Waals surface area (Å²) in [6, 6.07) is 14.2. The van der Waals surface area contributed by atoms with Crippen LogP contribution in [0.5, 0.6) is 5.75 Å². The van der Waals surface area contributed by atoms with E-state index in [-0.39, 0.29) is 17.6 Å². The number of benzene rings is 2. The van der Waals surface area contributed by atoms with Crippen LogP contribution < -0.4 is 4.74 Å². The van der Waals surface area contributed by atoms with E-state index in [1.807, 2.05) is 36.1 Å². The van der Waals surface area contributed by atoms with Crippen molar-refractivity contribution in [2.24, 2.45) is 0 Å². The number of nitro benzene ring substituents is 1. The summed E-state index contributed by atoms with van der Waals surface area (Å²) < 4.78 is 5.47. The van der Waals surface area contributed by atoms with Gasteiger partial charge in [-0.25, -0.2) is 0 Å². The molecule has 6 heteroatoms. The van der Waals surface area contributed by atoms with E-state index < -0.39 is 4.92 Å². The number of ether oxygens (including phenoxy) is 1. The zero-order valence-electron chi connectivity index (χ0n) is 15.2. The molecule has 1 amide bonds. The molecule has 3 rings (SSSR count). The van der Waals surface area contributed by atoms with Gasteiger partial charge in [-0.15, -0.1) is 0 Å². The number of hydrogen-bond acceptors (Lipinski definition) is 4. The summed E-state index contributed by atoms with van der Waals surface area (Å²) in [5, 5.41) is 10.9. The lowest BCUT2D eigenvalue weighted by atomic mass is 10.0. The van der Waals surface area contributed by atoms with Crippen molar-refractivity contribution in [2.45, 2.75) is 25.8 Å². The summed E-state index contributed by atoms with van der Waals surface area (Å²) >= 11 is 0. The monoisotopic (exact) mass is 366 g/mol. The summed E-state index contributed by atoms with van der Waals surface area (Å²) in [6.45, 7) is 3.27. The van der Waals surface area contributed by atoms with Gasteiger partial charge in [-0.05, 0) is 49.1 Å². The summed E-state index contributed by atoms with van der Waals surface area (Å²) in [4.78, 5) is 24.9. The molecule has 140 valence electrons. The lowest BCUT2D eigenvalue weighted by Crippen LogP contribution is -2.28. The number of carbonyl (C=O) groups excluding carboxylic acids is 1. The van der Waals surface area contributed by atoms with Gasteiger partial charge in [-0.3, -0.25) is 14.9 Å². The number of nitro groups is 1. The molecule has 1 aliphatic rings.